The molecule has 2 unspecified atom stereocenters. The Morgan fingerprint density at radius 3 is 2.62 bits per heavy atom. The van der Waals surface area contributed by atoms with E-state index < -0.39 is 23.1 Å². The fourth-order valence-corrected chi connectivity index (χ4v) is 1.35. The molecule has 1 N–H and O–H groups in total. The Morgan fingerprint density at radius 2 is 2.23 bits per heavy atom. The number of hydrogen-bond donors (Lipinski definition) is 1. The van der Waals surface area contributed by atoms with Gasteiger partial charge in [0, 0.05) is 7.05 Å². The maximum absolute atomic E-state index is 11.0. The van der Waals surface area contributed by atoms with Gasteiger partial charge in [0.05, 0.1) is 5.75 Å². The van der Waals surface area contributed by atoms with Gasteiger partial charge in [-0.1, -0.05) is 6.92 Å². The van der Waals surface area contributed by atoms with Crippen LogP contribution in [0, 0.1) is 0 Å². The fourth-order valence-electron chi connectivity index (χ4n) is 0.555. The molecule has 0 aromatic carbocycles. The topological polar surface area (TPSA) is 66.8 Å². The first-order valence-corrected chi connectivity index (χ1v) is 5.25. The molecule has 0 aliphatic heterocycles. The zero-order valence-electron chi connectivity index (χ0n) is 8.02. The van der Waals surface area contributed by atoms with Gasteiger partial charge in [-0.3, -0.25) is 4.79 Å². The van der Waals surface area contributed by atoms with Gasteiger partial charge >= 0.3 is 5.97 Å². The summed E-state index contributed by atoms with van der Waals surface area (Å²) in [5, 5.41) is 9.67. The molecule has 5 nitrogen and oxygen atoms in total. The normalized spacial score (nSPS) is 15.7. The summed E-state index contributed by atoms with van der Waals surface area (Å²) >= 11 is -1.42. The van der Waals surface area contributed by atoms with Crippen molar-refractivity contribution in [3.63, 3.8) is 0 Å². The molecule has 0 saturated heterocycles. The van der Waals surface area contributed by atoms with Crippen LogP contribution in [0.2, 0.25) is 0 Å². The van der Waals surface area contributed by atoms with Gasteiger partial charge in [-0.25, -0.2) is 4.21 Å². The summed E-state index contributed by atoms with van der Waals surface area (Å²) < 4.78 is 15.9. The van der Waals surface area contributed by atoms with E-state index in [9.17, 15) is 9.00 Å². The number of hydroxylamine groups is 2. The van der Waals surface area contributed by atoms with Crippen LogP contribution in [0.4, 0.5) is 0 Å². The van der Waals surface area contributed by atoms with Crippen LogP contribution < -0.4 is 0 Å². The number of carboxylic acids is 1. The first kappa shape index (κ1) is 12.5. The first-order valence-electron chi connectivity index (χ1n) is 4.01. The van der Waals surface area contributed by atoms with Crippen LogP contribution in [0.1, 0.15) is 20.3 Å². The lowest BCUT2D eigenvalue weighted by atomic mass is 10.3. The molecule has 2 atom stereocenters. The molecule has 6 heteroatoms. The molecule has 0 heterocycles. The summed E-state index contributed by atoms with van der Waals surface area (Å²) in [6.45, 7) is 3.34. The molecule has 0 radical (unpaired) electrons. The van der Waals surface area contributed by atoms with Gasteiger partial charge in [0.1, 0.15) is 6.04 Å². The van der Waals surface area contributed by atoms with Gasteiger partial charge in [0.2, 0.25) is 0 Å². The molecule has 0 aliphatic rings. The summed E-state index contributed by atoms with van der Waals surface area (Å²) in [5.41, 5.74) is 0. The van der Waals surface area contributed by atoms with E-state index in [1.807, 2.05) is 6.92 Å². The second-order valence-electron chi connectivity index (χ2n) is 2.64. The maximum Gasteiger partial charge on any atom is 0.323 e. The zero-order valence-corrected chi connectivity index (χ0v) is 8.84. The van der Waals surface area contributed by atoms with Crippen LogP contribution >= 0.6 is 0 Å². The van der Waals surface area contributed by atoms with Crippen molar-refractivity contribution in [2.24, 2.45) is 0 Å². The monoisotopic (exact) mass is 209 g/mol. The molecule has 0 bridgehead atoms. The lowest BCUT2D eigenvalue weighted by Crippen LogP contribution is -2.36. The minimum absolute atomic E-state index is 0.413. The van der Waals surface area contributed by atoms with Crippen LogP contribution in [0.25, 0.3) is 0 Å². The number of carboxylic acid groups (broad SMARTS) is 1. The van der Waals surface area contributed by atoms with Gasteiger partial charge in [-0.15, -0.1) is 0 Å². The average molecular weight is 209 g/mol. The predicted octanol–water partition coefficient (Wildman–Crippen LogP) is 0.397. The highest BCUT2D eigenvalue weighted by Gasteiger charge is 2.19. The Hall–Kier alpha value is -0.460. The Bertz CT molecular complexity index is 197. The van der Waals surface area contributed by atoms with Crippen molar-refractivity contribution in [1.82, 2.24) is 5.06 Å². The number of likely N-dealkylation sites (N-methyl/N-ethyl adjacent to an activating group) is 1. The first-order chi connectivity index (χ1) is 5.99. The lowest BCUT2D eigenvalue weighted by molar-refractivity contribution is -0.153. The van der Waals surface area contributed by atoms with Gasteiger partial charge in [-0.05, 0) is 13.3 Å². The summed E-state index contributed by atoms with van der Waals surface area (Å²) in [6.07, 6.45) is 0.738. The third-order valence-electron chi connectivity index (χ3n) is 1.47. The van der Waals surface area contributed by atoms with Crippen molar-refractivity contribution in [2.75, 3.05) is 12.8 Å². The van der Waals surface area contributed by atoms with E-state index in [4.69, 9.17) is 9.39 Å². The van der Waals surface area contributed by atoms with E-state index in [2.05, 4.69) is 0 Å². The molecular weight excluding hydrogens is 194 g/mol. The summed E-state index contributed by atoms with van der Waals surface area (Å²) in [7, 11) is 1.45. The average Bonchev–Trinajstić information content (AvgIpc) is 2.03. The van der Waals surface area contributed by atoms with Crippen LogP contribution in [0.3, 0.4) is 0 Å². The summed E-state index contributed by atoms with van der Waals surface area (Å²) in [4.78, 5) is 10.5. The Morgan fingerprint density at radius 1 is 1.69 bits per heavy atom. The van der Waals surface area contributed by atoms with E-state index >= 15 is 0 Å². The van der Waals surface area contributed by atoms with Crippen LogP contribution in [0.15, 0.2) is 0 Å². The zero-order chi connectivity index (χ0) is 10.4. The highest BCUT2D eigenvalue weighted by atomic mass is 32.2. The molecule has 0 amide bonds. The largest absolute Gasteiger partial charge is 0.480 e. The van der Waals surface area contributed by atoms with Gasteiger partial charge in [-0.2, -0.15) is 9.35 Å². The van der Waals surface area contributed by atoms with E-state index in [1.54, 1.807) is 0 Å². The van der Waals surface area contributed by atoms with Crippen molar-refractivity contribution in [1.29, 1.82) is 0 Å². The Kier molecular flexibility index (Phi) is 5.85. The summed E-state index contributed by atoms with van der Waals surface area (Å²) in [5.74, 6) is -0.590. The minimum Gasteiger partial charge on any atom is -0.480 e. The molecule has 0 aliphatic carbocycles. The van der Waals surface area contributed by atoms with E-state index in [-0.39, 0.29) is 0 Å². The minimum atomic E-state index is -1.42. The van der Waals surface area contributed by atoms with Crippen LogP contribution in [0.5, 0.6) is 0 Å². The number of rotatable bonds is 6. The van der Waals surface area contributed by atoms with Gasteiger partial charge in [0.25, 0.3) is 0 Å². The molecule has 0 aromatic heterocycles. The highest BCUT2D eigenvalue weighted by Crippen LogP contribution is 2.00. The molecule has 0 fully saturated rings. The molecule has 0 spiro atoms. The summed E-state index contributed by atoms with van der Waals surface area (Å²) in [6, 6.07) is -0.791. The number of carbonyl (C=O) groups is 1. The number of hydrogen-bond acceptors (Lipinski definition) is 4. The molecule has 78 valence electrons. The standard InChI is InChI=1S/C7H15NO4S/c1-4-5-13(11)12-8(3)6(2)7(9)10/h6H,4-5H2,1-3H3,(H,9,10). The van der Waals surface area contributed by atoms with Crippen molar-refractivity contribution in [2.45, 2.75) is 26.3 Å². The third kappa shape index (κ3) is 4.97. The lowest BCUT2D eigenvalue weighted by Gasteiger charge is -2.18. The number of nitrogens with zero attached hydrogens (tertiary/aromatic N) is 1. The van der Waals surface area contributed by atoms with E-state index in [1.165, 1.54) is 14.0 Å². The SMILES string of the molecule is CCCS(=O)ON(C)C(C)C(=O)O. The highest BCUT2D eigenvalue weighted by molar-refractivity contribution is 7.80. The predicted molar refractivity (Wildman–Crippen MR) is 49.2 cm³/mol. The van der Waals surface area contributed by atoms with Gasteiger partial charge in [0.15, 0.2) is 11.1 Å². The number of aliphatic carboxylic acids is 1. The van der Waals surface area contributed by atoms with Crippen LogP contribution in [-0.4, -0.2) is 39.2 Å². The maximum atomic E-state index is 11.0. The van der Waals surface area contributed by atoms with E-state index in [0.29, 0.717) is 5.75 Å². The Labute approximate surface area is 80.3 Å². The molecule has 0 aromatic rings. The van der Waals surface area contributed by atoms with Crippen LogP contribution in [-0.2, 0) is 20.2 Å². The molecule has 13 heavy (non-hydrogen) atoms. The van der Waals surface area contributed by atoms with Crippen molar-refractivity contribution in [3.05, 3.63) is 0 Å². The second kappa shape index (κ2) is 6.06. The molecule has 0 saturated carbocycles. The molecule has 0 rings (SSSR count). The van der Waals surface area contributed by atoms with Crippen molar-refractivity contribution >= 4 is 17.0 Å². The smallest absolute Gasteiger partial charge is 0.323 e. The quantitative estimate of drug-likeness (QED) is 0.641. The third-order valence-corrected chi connectivity index (χ3v) is 2.62. The fraction of sp³-hybridized carbons (Fsp3) is 0.857. The van der Waals surface area contributed by atoms with Crippen molar-refractivity contribution in [3.8, 4) is 0 Å². The Balaban J connectivity index is 3.92. The van der Waals surface area contributed by atoms with E-state index in [0.717, 1.165) is 11.5 Å². The van der Waals surface area contributed by atoms with Crippen molar-refractivity contribution < 1.29 is 18.4 Å². The second-order valence-corrected chi connectivity index (χ2v) is 3.81. The van der Waals surface area contributed by atoms with Gasteiger partial charge < -0.3 is 5.11 Å². The molecular formula is C7H15NO4S.